The van der Waals surface area contributed by atoms with E-state index in [1.165, 1.54) is 0 Å². The van der Waals surface area contributed by atoms with Crippen LogP contribution in [0.2, 0.25) is 0 Å². The number of rotatable bonds is 4. The zero-order valence-electron chi connectivity index (χ0n) is 10.9. The Morgan fingerprint density at radius 1 is 1.42 bits per heavy atom. The third kappa shape index (κ3) is 3.01. The summed E-state index contributed by atoms with van der Waals surface area (Å²) in [5, 5.41) is 6.44. The Morgan fingerprint density at radius 3 is 2.84 bits per heavy atom. The van der Waals surface area contributed by atoms with Gasteiger partial charge in [0.1, 0.15) is 5.75 Å². The maximum Gasteiger partial charge on any atom is 0.224 e. The Bertz CT molecular complexity index is 457. The van der Waals surface area contributed by atoms with Crippen molar-refractivity contribution in [3.8, 4) is 5.75 Å². The number of amides is 1. The van der Waals surface area contributed by atoms with Gasteiger partial charge in [0.2, 0.25) is 5.91 Å². The molecule has 1 amide bonds. The lowest BCUT2D eigenvalue weighted by molar-refractivity contribution is -0.120. The van der Waals surface area contributed by atoms with E-state index in [2.05, 4.69) is 10.6 Å². The van der Waals surface area contributed by atoms with E-state index in [0.717, 1.165) is 24.4 Å². The van der Waals surface area contributed by atoms with Gasteiger partial charge >= 0.3 is 0 Å². The minimum absolute atomic E-state index is 0. The van der Waals surface area contributed by atoms with E-state index in [9.17, 15) is 4.79 Å². The first-order valence-electron chi connectivity index (χ1n) is 6.41. The van der Waals surface area contributed by atoms with Crippen LogP contribution in [0.25, 0.3) is 0 Å². The van der Waals surface area contributed by atoms with Gasteiger partial charge in [0.15, 0.2) is 0 Å². The van der Waals surface area contributed by atoms with Gasteiger partial charge in [-0.15, -0.1) is 12.4 Å². The van der Waals surface area contributed by atoms with Crippen molar-refractivity contribution in [3.63, 3.8) is 0 Å². The fourth-order valence-electron chi connectivity index (χ4n) is 2.84. The molecule has 2 fully saturated rings. The smallest absolute Gasteiger partial charge is 0.224 e. The second-order valence-corrected chi connectivity index (χ2v) is 5.11. The molecule has 2 atom stereocenters. The molecule has 1 aliphatic heterocycles. The first kappa shape index (κ1) is 14.2. The molecule has 1 aromatic rings. The summed E-state index contributed by atoms with van der Waals surface area (Å²) in [6.45, 7) is 2.10. The normalized spacial score (nSPS) is 27.1. The molecule has 2 aliphatic rings. The first-order chi connectivity index (χ1) is 8.78. The minimum Gasteiger partial charge on any atom is -0.497 e. The van der Waals surface area contributed by atoms with Crippen LogP contribution in [-0.4, -0.2) is 32.1 Å². The molecule has 0 spiro atoms. The third-order valence-corrected chi connectivity index (χ3v) is 3.92. The molecule has 2 N–H and O–H groups in total. The Morgan fingerprint density at radius 2 is 2.16 bits per heavy atom. The molecule has 0 aromatic heterocycles. The highest BCUT2D eigenvalue weighted by Gasteiger charge is 2.53. The molecule has 0 bridgehead atoms. The topological polar surface area (TPSA) is 50.4 Å². The summed E-state index contributed by atoms with van der Waals surface area (Å²) in [5.74, 6) is 2.24. The zero-order valence-corrected chi connectivity index (χ0v) is 11.7. The van der Waals surface area contributed by atoms with E-state index in [0.29, 0.717) is 24.3 Å². The summed E-state index contributed by atoms with van der Waals surface area (Å²) < 4.78 is 5.15. The lowest BCUT2D eigenvalue weighted by atomic mass is 10.1. The number of benzene rings is 1. The molecule has 1 aromatic carbocycles. The molecule has 1 aliphatic carbocycles. The maximum atomic E-state index is 11.9. The van der Waals surface area contributed by atoms with Gasteiger partial charge in [-0.2, -0.15) is 0 Å². The summed E-state index contributed by atoms with van der Waals surface area (Å²) in [6.07, 6.45) is 0.431. The standard InChI is InChI=1S/C14H18N2O2.ClH/c1-18-10-4-2-3-9(5-10)6-13(17)16-14-11-7-15-8-12(11)14;/h2-5,11-12,14-15H,6-8H2,1H3,(H,16,17);1H. The van der Waals surface area contributed by atoms with Gasteiger partial charge in [0.05, 0.1) is 13.5 Å². The highest BCUT2D eigenvalue weighted by atomic mass is 35.5. The molecule has 19 heavy (non-hydrogen) atoms. The molecule has 104 valence electrons. The Labute approximate surface area is 119 Å². The quantitative estimate of drug-likeness (QED) is 0.866. The van der Waals surface area contributed by atoms with Crippen molar-refractivity contribution in [1.82, 2.24) is 10.6 Å². The van der Waals surface area contributed by atoms with E-state index in [1.54, 1.807) is 7.11 Å². The van der Waals surface area contributed by atoms with Crippen molar-refractivity contribution in [2.45, 2.75) is 12.5 Å². The molecule has 3 rings (SSSR count). The number of piperidine rings is 1. The summed E-state index contributed by atoms with van der Waals surface area (Å²) in [5.41, 5.74) is 0.996. The number of carbonyl (C=O) groups excluding carboxylic acids is 1. The molecule has 1 saturated carbocycles. The number of carbonyl (C=O) groups is 1. The predicted octanol–water partition coefficient (Wildman–Crippen LogP) is 0.993. The van der Waals surface area contributed by atoms with E-state index in [1.807, 2.05) is 24.3 Å². The molecular weight excluding hydrogens is 264 g/mol. The van der Waals surface area contributed by atoms with Crippen LogP contribution in [0.5, 0.6) is 5.75 Å². The highest BCUT2D eigenvalue weighted by molar-refractivity contribution is 5.85. The Balaban J connectivity index is 0.00000133. The van der Waals surface area contributed by atoms with Crippen molar-refractivity contribution in [3.05, 3.63) is 29.8 Å². The SMILES string of the molecule is COc1cccc(CC(=O)NC2C3CNCC32)c1.Cl. The number of hydrogen-bond acceptors (Lipinski definition) is 3. The van der Waals surface area contributed by atoms with Gasteiger partial charge in [-0.3, -0.25) is 4.79 Å². The zero-order chi connectivity index (χ0) is 12.5. The van der Waals surface area contributed by atoms with Crippen molar-refractivity contribution < 1.29 is 9.53 Å². The Kier molecular flexibility index (Phi) is 4.32. The van der Waals surface area contributed by atoms with Crippen LogP contribution >= 0.6 is 12.4 Å². The second-order valence-electron chi connectivity index (χ2n) is 5.11. The number of nitrogens with one attached hydrogen (secondary N) is 2. The van der Waals surface area contributed by atoms with Crippen LogP contribution in [0.15, 0.2) is 24.3 Å². The van der Waals surface area contributed by atoms with Gasteiger partial charge in [-0.1, -0.05) is 12.1 Å². The molecule has 1 saturated heterocycles. The number of halogens is 1. The van der Waals surface area contributed by atoms with E-state index in [-0.39, 0.29) is 18.3 Å². The van der Waals surface area contributed by atoms with Crippen LogP contribution in [0.3, 0.4) is 0 Å². The molecule has 5 heteroatoms. The number of ether oxygens (including phenoxy) is 1. The summed E-state index contributed by atoms with van der Waals surface area (Å²) in [6, 6.07) is 8.08. The lowest BCUT2D eigenvalue weighted by Gasteiger charge is -2.08. The van der Waals surface area contributed by atoms with Gasteiger partial charge in [-0.25, -0.2) is 0 Å². The van der Waals surface area contributed by atoms with Crippen LogP contribution in [0, 0.1) is 11.8 Å². The summed E-state index contributed by atoms with van der Waals surface area (Å²) in [7, 11) is 1.64. The van der Waals surface area contributed by atoms with Crippen LogP contribution in [0.4, 0.5) is 0 Å². The molecular formula is C14H19ClN2O2. The van der Waals surface area contributed by atoms with Gasteiger partial charge in [-0.05, 0) is 29.5 Å². The predicted molar refractivity (Wildman–Crippen MR) is 75.7 cm³/mol. The van der Waals surface area contributed by atoms with Gasteiger partial charge < -0.3 is 15.4 Å². The van der Waals surface area contributed by atoms with Gasteiger partial charge in [0.25, 0.3) is 0 Å². The molecule has 4 nitrogen and oxygen atoms in total. The fourth-order valence-corrected chi connectivity index (χ4v) is 2.84. The molecule has 0 radical (unpaired) electrons. The fraction of sp³-hybridized carbons (Fsp3) is 0.500. The van der Waals surface area contributed by atoms with E-state index in [4.69, 9.17) is 4.74 Å². The van der Waals surface area contributed by atoms with Crippen LogP contribution in [-0.2, 0) is 11.2 Å². The van der Waals surface area contributed by atoms with E-state index < -0.39 is 0 Å². The minimum atomic E-state index is 0. The van der Waals surface area contributed by atoms with Crippen LogP contribution < -0.4 is 15.4 Å². The third-order valence-electron chi connectivity index (χ3n) is 3.92. The largest absolute Gasteiger partial charge is 0.497 e. The molecule has 2 unspecified atom stereocenters. The van der Waals surface area contributed by atoms with Crippen LogP contribution in [0.1, 0.15) is 5.56 Å². The maximum absolute atomic E-state index is 11.9. The highest BCUT2D eigenvalue weighted by Crippen LogP contribution is 2.41. The lowest BCUT2D eigenvalue weighted by Crippen LogP contribution is -2.33. The average molecular weight is 283 g/mol. The first-order valence-corrected chi connectivity index (χ1v) is 6.41. The average Bonchev–Trinajstić information content (AvgIpc) is 2.82. The second kappa shape index (κ2) is 5.80. The molecule has 1 heterocycles. The van der Waals surface area contributed by atoms with Crippen molar-refractivity contribution >= 4 is 18.3 Å². The summed E-state index contributed by atoms with van der Waals surface area (Å²) >= 11 is 0. The number of hydrogen-bond donors (Lipinski definition) is 2. The monoisotopic (exact) mass is 282 g/mol. The van der Waals surface area contributed by atoms with E-state index >= 15 is 0 Å². The van der Waals surface area contributed by atoms with Crippen molar-refractivity contribution in [2.24, 2.45) is 11.8 Å². The Hall–Kier alpha value is -1.26. The number of fused-ring (bicyclic) bond motifs is 1. The van der Waals surface area contributed by atoms with Gasteiger partial charge in [0, 0.05) is 19.1 Å². The van der Waals surface area contributed by atoms with Crippen molar-refractivity contribution in [2.75, 3.05) is 20.2 Å². The summed E-state index contributed by atoms with van der Waals surface area (Å²) in [4.78, 5) is 11.9. The number of methoxy groups -OCH3 is 1. The van der Waals surface area contributed by atoms with Crippen molar-refractivity contribution in [1.29, 1.82) is 0 Å².